The molecule has 0 amide bonds. The van der Waals surface area contributed by atoms with Crippen molar-refractivity contribution in [2.45, 2.75) is 24.3 Å². The number of thioether (sulfide) groups is 1. The standard InChI is InChI=1S/C21H24ClNO3S/c1-26-18-11-14(10-17(22)21(18)25)12-23-9-5-6-15(13-23)20(24)16-7-3-4-8-19(16)27-2/h3-4,7-8,10-11,15,25H,5-6,9,12-13H2,1-2H3/t15-/m0/s1. The van der Waals surface area contributed by atoms with Gasteiger partial charge in [0.1, 0.15) is 0 Å². The Hall–Kier alpha value is -1.69. The fraction of sp³-hybridized carbons (Fsp3) is 0.381. The molecule has 2 aromatic rings. The van der Waals surface area contributed by atoms with Gasteiger partial charge in [-0.1, -0.05) is 29.8 Å². The molecule has 2 aromatic carbocycles. The monoisotopic (exact) mass is 405 g/mol. The van der Waals surface area contributed by atoms with Crippen molar-refractivity contribution >= 4 is 29.1 Å². The van der Waals surface area contributed by atoms with E-state index in [1.807, 2.05) is 30.5 Å². The number of aromatic hydroxyl groups is 1. The van der Waals surface area contributed by atoms with Gasteiger partial charge in [-0.05, 0) is 49.4 Å². The molecule has 1 aliphatic rings. The number of ketones is 1. The number of likely N-dealkylation sites (tertiary alicyclic amines) is 1. The number of hydrogen-bond acceptors (Lipinski definition) is 5. The Balaban J connectivity index is 1.73. The first-order valence-electron chi connectivity index (χ1n) is 8.98. The van der Waals surface area contributed by atoms with Crippen LogP contribution in [0.25, 0.3) is 0 Å². The zero-order valence-corrected chi connectivity index (χ0v) is 17.1. The van der Waals surface area contributed by atoms with Crippen LogP contribution in [0, 0.1) is 5.92 Å². The zero-order chi connectivity index (χ0) is 19.4. The van der Waals surface area contributed by atoms with Crippen LogP contribution >= 0.6 is 23.4 Å². The van der Waals surface area contributed by atoms with Crippen LogP contribution < -0.4 is 4.74 Å². The fourth-order valence-electron chi connectivity index (χ4n) is 3.61. The number of hydrogen-bond donors (Lipinski definition) is 1. The molecule has 1 heterocycles. The highest BCUT2D eigenvalue weighted by Gasteiger charge is 2.28. The van der Waals surface area contributed by atoms with Crippen molar-refractivity contribution in [3.63, 3.8) is 0 Å². The minimum absolute atomic E-state index is 0.00142. The molecule has 1 atom stereocenters. The van der Waals surface area contributed by atoms with Crippen LogP contribution in [-0.4, -0.2) is 42.2 Å². The maximum atomic E-state index is 13.1. The number of piperidine rings is 1. The van der Waals surface area contributed by atoms with E-state index < -0.39 is 0 Å². The Morgan fingerprint density at radius 3 is 2.89 bits per heavy atom. The molecule has 1 N–H and O–H groups in total. The number of ether oxygens (including phenoxy) is 1. The molecule has 0 unspecified atom stereocenters. The molecule has 0 aliphatic carbocycles. The van der Waals surface area contributed by atoms with Crippen LogP contribution in [-0.2, 0) is 6.54 Å². The summed E-state index contributed by atoms with van der Waals surface area (Å²) in [5.74, 6) is 0.562. The normalized spacial score (nSPS) is 17.7. The number of methoxy groups -OCH3 is 1. The molecule has 0 saturated carbocycles. The molecule has 1 aliphatic heterocycles. The predicted octanol–water partition coefficient (Wildman–Crippen LogP) is 4.87. The van der Waals surface area contributed by atoms with Crippen molar-refractivity contribution in [1.29, 1.82) is 0 Å². The minimum Gasteiger partial charge on any atom is -0.503 e. The molecule has 27 heavy (non-hydrogen) atoms. The number of carbonyl (C=O) groups is 1. The van der Waals surface area contributed by atoms with Crippen LogP contribution in [0.4, 0.5) is 0 Å². The van der Waals surface area contributed by atoms with Crippen molar-refractivity contribution in [3.05, 3.63) is 52.5 Å². The van der Waals surface area contributed by atoms with E-state index in [0.717, 1.165) is 42.0 Å². The number of phenols is 1. The highest BCUT2D eigenvalue weighted by molar-refractivity contribution is 7.98. The Morgan fingerprint density at radius 1 is 1.37 bits per heavy atom. The van der Waals surface area contributed by atoms with Crippen LogP contribution in [0.1, 0.15) is 28.8 Å². The third-order valence-corrected chi connectivity index (χ3v) is 6.05. The van der Waals surface area contributed by atoms with Gasteiger partial charge in [0.15, 0.2) is 17.3 Å². The van der Waals surface area contributed by atoms with E-state index in [0.29, 0.717) is 12.3 Å². The maximum absolute atomic E-state index is 13.1. The maximum Gasteiger partial charge on any atom is 0.176 e. The second-order valence-corrected chi connectivity index (χ2v) is 8.02. The Kier molecular flexibility index (Phi) is 6.68. The zero-order valence-electron chi connectivity index (χ0n) is 15.6. The molecule has 6 heteroatoms. The van der Waals surface area contributed by atoms with Crippen molar-refractivity contribution in [2.24, 2.45) is 5.92 Å². The van der Waals surface area contributed by atoms with E-state index in [4.69, 9.17) is 16.3 Å². The molecule has 0 bridgehead atoms. The molecule has 0 spiro atoms. The summed E-state index contributed by atoms with van der Waals surface area (Å²) in [5, 5.41) is 10.2. The van der Waals surface area contributed by atoms with Crippen molar-refractivity contribution in [3.8, 4) is 11.5 Å². The molecule has 0 aromatic heterocycles. The first-order chi connectivity index (χ1) is 13.0. The summed E-state index contributed by atoms with van der Waals surface area (Å²) in [4.78, 5) is 16.4. The molecule has 4 nitrogen and oxygen atoms in total. The van der Waals surface area contributed by atoms with Gasteiger partial charge in [-0.25, -0.2) is 0 Å². The number of phenolic OH excluding ortho intramolecular Hbond substituents is 1. The number of rotatable bonds is 6. The molecule has 1 fully saturated rings. The lowest BCUT2D eigenvalue weighted by Gasteiger charge is -2.32. The van der Waals surface area contributed by atoms with Gasteiger partial charge >= 0.3 is 0 Å². The van der Waals surface area contributed by atoms with Crippen molar-refractivity contribution in [1.82, 2.24) is 4.90 Å². The van der Waals surface area contributed by atoms with E-state index in [-0.39, 0.29) is 22.5 Å². The lowest BCUT2D eigenvalue weighted by Crippen LogP contribution is -2.38. The smallest absolute Gasteiger partial charge is 0.176 e. The average Bonchev–Trinajstić information content (AvgIpc) is 2.70. The van der Waals surface area contributed by atoms with Gasteiger partial charge in [-0.15, -0.1) is 11.8 Å². The highest BCUT2D eigenvalue weighted by atomic mass is 35.5. The first kappa shape index (κ1) is 20.1. The largest absolute Gasteiger partial charge is 0.503 e. The van der Waals surface area contributed by atoms with E-state index in [1.165, 1.54) is 7.11 Å². The van der Waals surface area contributed by atoms with Gasteiger partial charge < -0.3 is 9.84 Å². The number of halogens is 1. The van der Waals surface area contributed by atoms with Crippen molar-refractivity contribution in [2.75, 3.05) is 26.5 Å². The average molecular weight is 406 g/mol. The summed E-state index contributed by atoms with van der Waals surface area (Å²) in [6.07, 6.45) is 3.90. The summed E-state index contributed by atoms with van der Waals surface area (Å²) in [7, 11) is 1.51. The third kappa shape index (κ3) is 4.60. The van der Waals surface area contributed by atoms with Gasteiger partial charge in [0.25, 0.3) is 0 Å². The van der Waals surface area contributed by atoms with Crippen molar-refractivity contribution < 1.29 is 14.6 Å². The summed E-state index contributed by atoms with van der Waals surface area (Å²) >= 11 is 7.71. The van der Waals surface area contributed by atoms with E-state index >= 15 is 0 Å². The quantitative estimate of drug-likeness (QED) is 0.548. The predicted molar refractivity (Wildman–Crippen MR) is 110 cm³/mol. The third-order valence-electron chi connectivity index (χ3n) is 4.96. The fourth-order valence-corrected chi connectivity index (χ4v) is 4.45. The summed E-state index contributed by atoms with van der Waals surface area (Å²) in [6.45, 7) is 2.33. The summed E-state index contributed by atoms with van der Waals surface area (Å²) < 4.78 is 5.19. The van der Waals surface area contributed by atoms with Crippen LogP contribution in [0.2, 0.25) is 5.02 Å². The summed E-state index contributed by atoms with van der Waals surface area (Å²) in [5.41, 5.74) is 1.79. The van der Waals surface area contributed by atoms with Gasteiger partial charge in [0.05, 0.1) is 12.1 Å². The van der Waals surface area contributed by atoms with E-state index in [9.17, 15) is 9.90 Å². The van der Waals surface area contributed by atoms with E-state index in [2.05, 4.69) is 4.90 Å². The SMILES string of the molecule is COc1cc(CN2CCC[C@H](C(=O)c3ccccc3SC)C2)cc(Cl)c1O. The molecular weight excluding hydrogens is 382 g/mol. The highest BCUT2D eigenvalue weighted by Crippen LogP contribution is 2.35. The molecule has 3 rings (SSSR count). The summed E-state index contributed by atoms with van der Waals surface area (Å²) in [6, 6.07) is 11.4. The van der Waals surface area contributed by atoms with Gasteiger partial charge in [-0.2, -0.15) is 0 Å². The molecular formula is C21H24ClNO3S. The van der Waals surface area contributed by atoms with Gasteiger partial charge in [0, 0.05) is 29.5 Å². The lowest BCUT2D eigenvalue weighted by molar-refractivity contribution is 0.0808. The number of Topliss-reactive ketones (excluding diaryl/α,β-unsaturated/α-hetero) is 1. The van der Waals surface area contributed by atoms with Gasteiger partial charge in [-0.3, -0.25) is 9.69 Å². The molecule has 0 radical (unpaired) electrons. The topological polar surface area (TPSA) is 49.8 Å². The number of carbonyl (C=O) groups excluding carboxylic acids is 1. The van der Waals surface area contributed by atoms with Crippen LogP contribution in [0.15, 0.2) is 41.3 Å². The lowest BCUT2D eigenvalue weighted by atomic mass is 9.89. The molecule has 144 valence electrons. The van der Waals surface area contributed by atoms with Crippen LogP contribution in [0.5, 0.6) is 11.5 Å². The minimum atomic E-state index is -0.0386. The second kappa shape index (κ2) is 9.00. The van der Waals surface area contributed by atoms with Gasteiger partial charge in [0.2, 0.25) is 0 Å². The second-order valence-electron chi connectivity index (χ2n) is 6.77. The molecule has 1 saturated heterocycles. The Morgan fingerprint density at radius 2 is 2.15 bits per heavy atom. The number of nitrogens with zero attached hydrogens (tertiary/aromatic N) is 1. The Labute approximate surface area is 169 Å². The Bertz CT molecular complexity index is 827. The van der Waals surface area contributed by atoms with E-state index in [1.54, 1.807) is 23.9 Å². The van der Waals surface area contributed by atoms with Crippen LogP contribution in [0.3, 0.4) is 0 Å². The first-order valence-corrected chi connectivity index (χ1v) is 10.6. The number of benzene rings is 2.